The number of hydrogen-bond donors (Lipinski definition) is 2. The van der Waals surface area contributed by atoms with Gasteiger partial charge in [0.25, 0.3) is 0 Å². The van der Waals surface area contributed by atoms with E-state index in [-0.39, 0.29) is 18.1 Å². The molecule has 1 atom stereocenters. The molecule has 2 heterocycles. The summed E-state index contributed by atoms with van der Waals surface area (Å²) >= 11 is 0. The van der Waals surface area contributed by atoms with Crippen LogP contribution >= 0.6 is 0 Å². The van der Waals surface area contributed by atoms with Gasteiger partial charge >= 0.3 is 0 Å². The van der Waals surface area contributed by atoms with Crippen LogP contribution in [0, 0.1) is 17.2 Å². The SMILES string of the molecule is COc1nccc(N[C@H](c2ccccn2)C2CC(O)C2)c1C#N. The van der Waals surface area contributed by atoms with Gasteiger partial charge in [0.15, 0.2) is 0 Å². The molecule has 0 amide bonds. The number of aliphatic hydroxyl groups is 1. The third kappa shape index (κ3) is 3.10. The summed E-state index contributed by atoms with van der Waals surface area (Å²) in [6.07, 6.45) is 4.54. The second-order valence-electron chi connectivity index (χ2n) is 5.62. The van der Waals surface area contributed by atoms with Crippen LogP contribution < -0.4 is 10.1 Å². The maximum Gasteiger partial charge on any atom is 0.233 e. The second kappa shape index (κ2) is 6.63. The number of pyridine rings is 2. The Labute approximate surface area is 134 Å². The first kappa shape index (κ1) is 15.3. The summed E-state index contributed by atoms with van der Waals surface area (Å²) in [6.45, 7) is 0. The van der Waals surface area contributed by atoms with Crippen LogP contribution in [0.25, 0.3) is 0 Å². The molecule has 1 aliphatic rings. The van der Waals surface area contributed by atoms with Crippen LogP contribution in [0.3, 0.4) is 0 Å². The molecule has 23 heavy (non-hydrogen) atoms. The van der Waals surface area contributed by atoms with Crippen molar-refractivity contribution in [1.82, 2.24) is 9.97 Å². The third-order valence-corrected chi connectivity index (χ3v) is 4.16. The summed E-state index contributed by atoms with van der Waals surface area (Å²) in [5.41, 5.74) is 1.93. The van der Waals surface area contributed by atoms with Crippen molar-refractivity contribution in [3.05, 3.63) is 47.9 Å². The van der Waals surface area contributed by atoms with Crippen molar-refractivity contribution in [1.29, 1.82) is 5.26 Å². The quantitative estimate of drug-likeness (QED) is 0.880. The van der Waals surface area contributed by atoms with Gasteiger partial charge in [0.05, 0.1) is 30.6 Å². The molecule has 2 N–H and O–H groups in total. The largest absolute Gasteiger partial charge is 0.480 e. The van der Waals surface area contributed by atoms with E-state index < -0.39 is 0 Å². The molecular formula is C17H18N4O2. The number of nitrogens with zero attached hydrogens (tertiary/aromatic N) is 3. The number of hydrogen-bond acceptors (Lipinski definition) is 6. The van der Waals surface area contributed by atoms with Crippen LogP contribution in [0.2, 0.25) is 0 Å². The van der Waals surface area contributed by atoms with E-state index in [9.17, 15) is 10.4 Å². The minimum Gasteiger partial charge on any atom is -0.480 e. The molecule has 2 aromatic heterocycles. The highest BCUT2D eigenvalue weighted by Gasteiger charge is 2.36. The Morgan fingerprint density at radius 1 is 1.30 bits per heavy atom. The van der Waals surface area contributed by atoms with E-state index in [1.54, 1.807) is 18.5 Å². The number of rotatable bonds is 5. The van der Waals surface area contributed by atoms with Crippen molar-refractivity contribution in [3.63, 3.8) is 0 Å². The zero-order chi connectivity index (χ0) is 16.2. The Bertz CT molecular complexity index is 708. The summed E-state index contributed by atoms with van der Waals surface area (Å²) < 4.78 is 5.15. The second-order valence-corrected chi connectivity index (χ2v) is 5.62. The van der Waals surface area contributed by atoms with Gasteiger partial charge in [-0.25, -0.2) is 4.98 Å². The number of aliphatic hydroxyl groups excluding tert-OH is 1. The van der Waals surface area contributed by atoms with Crippen LogP contribution in [-0.2, 0) is 0 Å². The normalized spacial score (nSPS) is 20.9. The van der Waals surface area contributed by atoms with Crippen LogP contribution in [0.1, 0.15) is 30.1 Å². The molecule has 0 aromatic carbocycles. The van der Waals surface area contributed by atoms with Gasteiger partial charge in [0.2, 0.25) is 5.88 Å². The van der Waals surface area contributed by atoms with E-state index in [0.717, 1.165) is 18.5 Å². The van der Waals surface area contributed by atoms with E-state index in [2.05, 4.69) is 21.4 Å². The monoisotopic (exact) mass is 310 g/mol. The highest BCUT2D eigenvalue weighted by Crippen LogP contribution is 2.40. The van der Waals surface area contributed by atoms with E-state index in [4.69, 9.17) is 4.74 Å². The van der Waals surface area contributed by atoms with Crippen LogP contribution in [0.5, 0.6) is 5.88 Å². The number of nitriles is 1. The van der Waals surface area contributed by atoms with Crippen molar-refractivity contribution in [3.8, 4) is 11.9 Å². The number of anilines is 1. The van der Waals surface area contributed by atoms with E-state index in [0.29, 0.717) is 17.1 Å². The molecule has 1 saturated carbocycles. The molecule has 0 radical (unpaired) electrons. The first-order valence-corrected chi connectivity index (χ1v) is 7.51. The van der Waals surface area contributed by atoms with E-state index in [1.807, 2.05) is 18.2 Å². The Balaban J connectivity index is 1.92. The van der Waals surface area contributed by atoms with Crippen molar-refractivity contribution in [2.75, 3.05) is 12.4 Å². The van der Waals surface area contributed by atoms with Crippen molar-refractivity contribution >= 4 is 5.69 Å². The fourth-order valence-corrected chi connectivity index (χ4v) is 2.89. The van der Waals surface area contributed by atoms with Gasteiger partial charge in [0, 0.05) is 12.4 Å². The molecule has 6 nitrogen and oxygen atoms in total. The van der Waals surface area contributed by atoms with Crippen molar-refractivity contribution in [2.24, 2.45) is 5.92 Å². The lowest BCUT2D eigenvalue weighted by Crippen LogP contribution is -2.36. The highest BCUT2D eigenvalue weighted by atomic mass is 16.5. The fraction of sp³-hybridized carbons (Fsp3) is 0.353. The molecule has 118 valence electrons. The molecule has 0 unspecified atom stereocenters. The minimum absolute atomic E-state index is 0.0705. The zero-order valence-corrected chi connectivity index (χ0v) is 12.8. The lowest BCUT2D eigenvalue weighted by atomic mass is 9.76. The summed E-state index contributed by atoms with van der Waals surface area (Å²) in [7, 11) is 1.49. The van der Waals surface area contributed by atoms with Gasteiger partial charge in [0.1, 0.15) is 11.6 Å². The summed E-state index contributed by atoms with van der Waals surface area (Å²) in [5, 5.41) is 22.4. The predicted molar refractivity (Wildman–Crippen MR) is 84.8 cm³/mol. The number of methoxy groups -OCH3 is 1. The average Bonchev–Trinajstić information content (AvgIpc) is 2.57. The average molecular weight is 310 g/mol. The lowest BCUT2D eigenvalue weighted by molar-refractivity contribution is 0.0334. The fourth-order valence-electron chi connectivity index (χ4n) is 2.89. The first-order valence-electron chi connectivity index (χ1n) is 7.51. The third-order valence-electron chi connectivity index (χ3n) is 4.16. The van der Waals surface area contributed by atoms with Crippen molar-refractivity contribution in [2.45, 2.75) is 25.0 Å². The number of aromatic nitrogens is 2. The first-order chi connectivity index (χ1) is 11.2. The zero-order valence-electron chi connectivity index (χ0n) is 12.8. The molecule has 6 heteroatoms. The van der Waals surface area contributed by atoms with Gasteiger partial charge in [-0.3, -0.25) is 4.98 Å². The van der Waals surface area contributed by atoms with Crippen LogP contribution in [0.4, 0.5) is 5.69 Å². The van der Waals surface area contributed by atoms with Crippen LogP contribution in [0.15, 0.2) is 36.7 Å². The Morgan fingerprint density at radius 3 is 2.74 bits per heavy atom. The number of ether oxygens (including phenoxy) is 1. The van der Waals surface area contributed by atoms with Crippen LogP contribution in [-0.4, -0.2) is 28.3 Å². The van der Waals surface area contributed by atoms with Crippen molar-refractivity contribution < 1.29 is 9.84 Å². The molecule has 3 rings (SSSR count). The summed E-state index contributed by atoms with van der Waals surface area (Å²) in [6, 6.07) is 9.57. The maximum absolute atomic E-state index is 9.63. The molecule has 0 saturated heterocycles. The number of nitrogens with one attached hydrogen (secondary N) is 1. The molecule has 0 aliphatic heterocycles. The highest BCUT2D eigenvalue weighted by molar-refractivity contribution is 5.62. The summed E-state index contributed by atoms with van der Waals surface area (Å²) in [4.78, 5) is 8.49. The van der Waals surface area contributed by atoms with Gasteiger partial charge in [-0.1, -0.05) is 6.07 Å². The molecule has 0 bridgehead atoms. The smallest absolute Gasteiger partial charge is 0.233 e. The molecular weight excluding hydrogens is 292 g/mol. The van der Waals surface area contributed by atoms with E-state index >= 15 is 0 Å². The maximum atomic E-state index is 9.63. The van der Waals surface area contributed by atoms with Gasteiger partial charge in [-0.15, -0.1) is 0 Å². The van der Waals surface area contributed by atoms with Gasteiger partial charge in [-0.05, 0) is 37.0 Å². The molecule has 0 spiro atoms. The molecule has 1 fully saturated rings. The van der Waals surface area contributed by atoms with Gasteiger partial charge in [-0.2, -0.15) is 5.26 Å². The standard InChI is InChI=1S/C17H18N4O2/c1-23-17-13(10-18)14(5-7-20-17)21-16(11-8-12(22)9-11)15-4-2-3-6-19-15/h2-7,11-12,16,22H,8-9H2,1H3,(H,20,21)/t11?,12?,16-/m0/s1. The molecule has 1 aliphatic carbocycles. The Hall–Kier alpha value is -2.65. The Morgan fingerprint density at radius 2 is 2.13 bits per heavy atom. The topological polar surface area (TPSA) is 91.1 Å². The Kier molecular flexibility index (Phi) is 4.40. The minimum atomic E-state index is -0.254. The predicted octanol–water partition coefficient (Wildman–Crippen LogP) is 2.28. The lowest BCUT2D eigenvalue weighted by Gasteiger charge is -2.38. The van der Waals surface area contributed by atoms with E-state index in [1.165, 1.54) is 7.11 Å². The van der Waals surface area contributed by atoms with Gasteiger partial charge < -0.3 is 15.2 Å². The summed E-state index contributed by atoms with van der Waals surface area (Å²) in [5.74, 6) is 0.566. The molecule has 2 aromatic rings.